The van der Waals surface area contributed by atoms with Crippen LogP contribution in [0.15, 0.2) is 24.3 Å². The van der Waals surface area contributed by atoms with Crippen LogP contribution < -0.4 is 0 Å². The fourth-order valence-electron chi connectivity index (χ4n) is 1.50. The van der Waals surface area contributed by atoms with Crippen LogP contribution >= 0.6 is 0 Å². The SMILES string of the molecule is COC(=O)/C=C/C(=O)O.COC(=O)/C=C/C(=O)OCCOCCOCCO.OCCOCCOCCO. The molecule has 0 radical (unpaired) electrons. The summed E-state index contributed by atoms with van der Waals surface area (Å²) in [6, 6.07) is 0. The molecule has 15 nitrogen and oxygen atoms in total. The third-order valence-corrected chi connectivity index (χ3v) is 3.04. The second-order valence-corrected chi connectivity index (χ2v) is 5.84. The van der Waals surface area contributed by atoms with Gasteiger partial charge in [-0.05, 0) is 0 Å². The molecule has 0 heterocycles. The standard InChI is InChI=1S/C11H18O7.C6H14O4.C5H6O4/c1-15-10(13)2-3-11(14)18-9-8-17-7-6-16-5-4-12;7-1-3-9-5-6-10-4-2-8;1-9-5(8)3-2-4(6)7/h2-3,12H,4-9H2,1H3;7-8H,1-6H2;2-3H,1H3,(H,6,7)/b3-2+;;3-2+. The Kier molecular flexibility index (Phi) is 34.5. The molecule has 0 unspecified atom stereocenters. The highest BCUT2D eigenvalue weighted by Crippen LogP contribution is 1.86. The summed E-state index contributed by atoms with van der Waals surface area (Å²) in [4.78, 5) is 41.5. The lowest BCUT2D eigenvalue weighted by Gasteiger charge is -2.04. The number of esters is 3. The molecule has 0 bridgehead atoms. The maximum Gasteiger partial charge on any atom is 0.331 e. The van der Waals surface area contributed by atoms with Gasteiger partial charge in [0.25, 0.3) is 0 Å². The van der Waals surface area contributed by atoms with Gasteiger partial charge in [0.15, 0.2) is 0 Å². The summed E-state index contributed by atoms with van der Waals surface area (Å²) in [5.41, 5.74) is 0. The van der Waals surface area contributed by atoms with E-state index in [4.69, 9.17) is 44.1 Å². The number of carboxylic acids is 1. The molecule has 0 amide bonds. The lowest BCUT2D eigenvalue weighted by Crippen LogP contribution is -2.12. The van der Waals surface area contributed by atoms with E-state index in [1.807, 2.05) is 0 Å². The highest BCUT2D eigenvalue weighted by atomic mass is 16.6. The summed E-state index contributed by atoms with van der Waals surface area (Å²) in [5, 5.41) is 32.9. The van der Waals surface area contributed by atoms with Gasteiger partial charge < -0.3 is 53.6 Å². The number of hydrogen-bond donors (Lipinski definition) is 4. The van der Waals surface area contributed by atoms with Crippen molar-refractivity contribution in [3.8, 4) is 0 Å². The summed E-state index contributed by atoms with van der Waals surface area (Å²) in [7, 11) is 2.39. The summed E-state index contributed by atoms with van der Waals surface area (Å²) >= 11 is 0. The molecule has 0 fully saturated rings. The molecule has 37 heavy (non-hydrogen) atoms. The van der Waals surface area contributed by atoms with E-state index in [1.54, 1.807) is 0 Å². The monoisotopic (exact) mass is 542 g/mol. The molecule has 0 aliphatic heterocycles. The van der Waals surface area contributed by atoms with Crippen LogP contribution in [0.1, 0.15) is 0 Å². The quantitative estimate of drug-likeness (QED) is 0.0606. The van der Waals surface area contributed by atoms with Crippen LogP contribution in [0.2, 0.25) is 0 Å². The number of aliphatic carboxylic acids is 1. The molecule has 0 aromatic carbocycles. The van der Waals surface area contributed by atoms with Gasteiger partial charge in [0.05, 0.1) is 86.9 Å². The van der Waals surface area contributed by atoms with Gasteiger partial charge in [-0.2, -0.15) is 0 Å². The van der Waals surface area contributed by atoms with Crippen molar-refractivity contribution in [1.82, 2.24) is 0 Å². The Hall–Kier alpha value is -2.92. The second kappa shape index (κ2) is 33.1. The minimum atomic E-state index is -1.17. The number of hydrogen-bond acceptors (Lipinski definition) is 14. The zero-order valence-electron chi connectivity index (χ0n) is 21.1. The van der Waals surface area contributed by atoms with Crippen molar-refractivity contribution in [1.29, 1.82) is 0 Å². The highest BCUT2D eigenvalue weighted by Gasteiger charge is 1.99. The molecular formula is C22H38O15. The first-order chi connectivity index (χ1) is 17.8. The smallest absolute Gasteiger partial charge is 0.331 e. The Bertz CT molecular complexity index is 611. The van der Waals surface area contributed by atoms with Crippen LogP contribution in [-0.4, -0.2) is 138 Å². The molecule has 0 aliphatic rings. The molecular weight excluding hydrogens is 504 g/mol. The number of ether oxygens (including phenoxy) is 7. The summed E-state index contributed by atoms with van der Waals surface area (Å²) < 4.78 is 32.9. The number of rotatable bonds is 19. The van der Waals surface area contributed by atoms with Crippen LogP contribution in [0, 0.1) is 0 Å². The third-order valence-electron chi connectivity index (χ3n) is 3.04. The molecule has 0 aromatic heterocycles. The first-order valence-corrected chi connectivity index (χ1v) is 10.8. The van der Waals surface area contributed by atoms with E-state index in [1.165, 1.54) is 14.2 Å². The van der Waals surface area contributed by atoms with Crippen LogP contribution in [-0.2, 0) is 52.3 Å². The Morgan fingerprint density at radius 3 is 1.19 bits per heavy atom. The Labute approximate surface area is 215 Å². The zero-order valence-corrected chi connectivity index (χ0v) is 21.1. The van der Waals surface area contributed by atoms with Crippen LogP contribution in [0.4, 0.5) is 0 Å². The van der Waals surface area contributed by atoms with Crippen molar-refractivity contribution in [2.45, 2.75) is 0 Å². The van der Waals surface area contributed by atoms with E-state index in [-0.39, 0.29) is 39.6 Å². The Morgan fingerprint density at radius 1 is 0.514 bits per heavy atom. The molecule has 0 spiro atoms. The lowest BCUT2D eigenvalue weighted by atomic mass is 10.5. The van der Waals surface area contributed by atoms with Crippen molar-refractivity contribution in [2.24, 2.45) is 0 Å². The van der Waals surface area contributed by atoms with E-state index in [2.05, 4.69) is 9.47 Å². The Morgan fingerprint density at radius 2 is 0.838 bits per heavy atom. The van der Waals surface area contributed by atoms with Crippen molar-refractivity contribution in [3.05, 3.63) is 24.3 Å². The van der Waals surface area contributed by atoms with Gasteiger partial charge in [0, 0.05) is 24.3 Å². The average Bonchev–Trinajstić information content (AvgIpc) is 2.90. The van der Waals surface area contributed by atoms with E-state index in [9.17, 15) is 19.2 Å². The van der Waals surface area contributed by atoms with Gasteiger partial charge >= 0.3 is 23.9 Å². The van der Waals surface area contributed by atoms with Gasteiger partial charge in [-0.3, -0.25) is 0 Å². The van der Waals surface area contributed by atoms with E-state index in [0.29, 0.717) is 45.7 Å². The van der Waals surface area contributed by atoms with Gasteiger partial charge in [-0.25, -0.2) is 19.2 Å². The molecule has 4 N–H and O–H groups in total. The highest BCUT2D eigenvalue weighted by molar-refractivity contribution is 5.91. The molecule has 0 aromatic rings. The summed E-state index contributed by atoms with van der Waals surface area (Å²) in [5.74, 6) is -3.09. The van der Waals surface area contributed by atoms with Crippen LogP contribution in [0.5, 0.6) is 0 Å². The van der Waals surface area contributed by atoms with Crippen molar-refractivity contribution >= 4 is 23.9 Å². The molecule has 0 saturated carbocycles. The molecule has 15 heteroatoms. The number of carboxylic acid groups (broad SMARTS) is 1. The fourth-order valence-corrected chi connectivity index (χ4v) is 1.50. The number of methoxy groups -OCH3 is 2. The van der Waals surface area contributed by atoms with E-state index in [0.717, 1.165) is 18.2 Å². The third kappa shape index (κ3) is 40.5. The number of aliphatic hydroxyl groups is 3. The summed E-state index contributed by atoms with van der Waals surface area (Å²) in [6.07, 6.45) is 3.51. The second-order valence-electron chi connectivity index (χ2n) is 5.84. The zero-order chi connectivity index (χ0) is 28.6. The Balaban J connectivity index is -0.000000515. The number of aliphatic hydroxyl groups excluding tert-OH is 3. The van der Waals surface area contributed by atoms with E-state index >= 15 is 0 Å². The van der Waals surface area contributed by atoms with Crippen molar-refractivity contribution in [3.63, 3.8) is 0 Å². The minimum Gasteiger partial charge on any atom is -0.478 e. The van der Waals surface area contributed by atoms with Crippen LogP contribution in [0.25, 0.3) is 0 Å². The number of carbonyl (C=O) groups excluding carboxylic acids is 3. The maximum absolute atomic E-state index is 11.0. The van der Waals surface area contributed by atoms with Gasteiger partial charge in [0.2, 0.25) is 0 Å². The normalized spacial score (nSPS) is 10.2. The fraction of sp³-hybridized carbons (Fsp3) is 0.636. The topological polar surface area (TPSA) is 214 Å². The maximum atomic E-state index is 11.0. The van der Waals surface area contributed by atoms with E-state index < -0.39 is 23.9 Å². The van der Waals surface area contributed by atoms with Crippen molar-refractivity contribution < 1.29 is 72.8 Å². The molecule has 0 saturated heterocycles. The van der Waals surface area contributed by atoms with Crippen LogP contribution in [0.3, 0.4) is 0 Å². The predicted molar refractivity (Wildman–Crippen MR) is 125 cm³/mol. The molecule has 0 rings (SSSR count). The average molecular weight is 543 g/mol. The number of carbonyl (C=O) groups is 4. The lowest BCUT2D eigenvalue weighted by molar-refractivity contribution is -0.140. The summed E-state index contributed by atoms with van der Waals surface area (Å²) in [6.45, 7) is 3.03. The largest absolute Gasteiger partial charge is 0.478 e. The van der Waals surface area contributed by atoms with Gasteiger partial charge in [-0.15, -0.1) is 0 Å². The van der Waals surface area contributed by atoms with Gasteiger partial charge in [0.1, 0.15) is 6.61 Å². The van der Waals surface area contributed by atoms with Gasteiger partial charge in [-0.1, -0.05) is 0 Å². The molecule has 0 aliphatic carbocycles. The first kappa shape index (κ1) is 38.6. The molecule has 0 atom stereocenters. The predicted octanol–water partition coefficient (Wildman–Crippen LogP) is -1.91. The first-order valence-electron chi connectivity index (χ1n) is 10.8. The minimum absolute atomic E-state index is 0.0237. The molecule has 216 valence electrons. The van der Waals surface area contributed by atoms with Crippen molar-refractivity contribution in [2.75, 3.05) is 93.5 Å².